The number of carbonyl (C=O) groups is 1. The Balaban J connectivity index is 1.18. The third-order valence-corrected chi connectivity index (χ3v) is 7.79. The van der Waals surface area contributed by atoms with Crippen LogP contribution in [0.5, 0.6) is 0 Å². The summed E-state index contributed by atoms with van der Waals surface area (Å²) in [6.45, 7) is 8.12. The summed E-state index contributed by atoms with van der Waals surface area (Å²) in [7, 11) is 0. The topological polar surface area (TPSA) is 103 Å². The highest BCUT2D eigenvalue weighted by Crippen LogP contribution is 2.28. The number of alkyl halides is 1. The second-order valence-corrected chi connectivity index (χ2v) is 10.9. The number of piperazine rings is 1. The summed E-state index contributed by atoms with van der Waals surface area (Å²) in [5.74, 6) is 1.77. The molecule has 2 aromatic heterocycles. The number of benzene rings is 2. The van der Waals surface area contributed by atoms with Crippen molar-refractivity contribution in [2.24, 2.45) is 0 Å². The second kappa shape index (κ2) is 12.2. The number of imidazole rings is 1. The molecule has 1 saturated carbocycles. The van der Waals surface area contributed by atoms with Crippen LogP contribution in [-0.2, 0) is 6.67 Å². The van der Waals surface area contributed by atoms with Gasteiger partial charge in [-0.2, -0.15) is 0 Å². The van der Waals surface area contributed by atoms with E-state index in [1.807, 2.05) is 54.1 Å². The number of hydrogen-bond donors (Lipinski definition) is 3. The van der Waals surface area contributed by atoms with Crippen molar-refractivity contribution in [3.63, 3.8) is 0 Å². The maximum Gasteiger partial charge on any atom is 0.255 e. The zero-order valence-corrected chi connectivity index (χ0v) is 24.0. The summed E-state index contributed by atoms with van der Waals surface area (Å²) >= 11 is 0. The summed E-state index contributed by atoms with van der Waals surface area (Å²) in [5.41, 5.74) is 4.20. The van der Waals surface area contributed by atoms with E-state index in [0.717, 1.165) is 68.3 Å². The van der Waals surface area contributed by atoms with E-state index in [9.17, 15) is 9.18 Å². The Bertz CT molecular complexity index is 1560. The summed E-state index contributed by atoms with van der Waals surface area (Å²) in [6, 6.07) is 13.4. The van der Waals surface area contributed by atoms with Gasteiger partial charge in [0.2, 0.25) is 5.95 Å². The van der Waals surface area contributed by atoms with Gasteiger partial charge < -0.3 is 25.8 Å². The lowest BCUT2D eigenvalue weighted by atomic mass is 10.1. The van der Waals surface area contributed by atoms with Gasteiger partial charge in [0.15, 0.2) is 0 Å². The van der Waals surface area contributed by atoms with Crippen LogP contribution in [0.3, 0.4) is 0 Å². The predicted molar refractivity (Wildman–Crippen MR) is 164 cm³/mol. The molecular formula is C31H36FN9O. The number of hydrogen-bond acceptors (Lipinski definition) is 8. The zero-order valence-electron chi connectivity index (χ0n) is 24.0. The molecule has 2 fully saturated rings. The average molecular weight is 570 g/mol. The van der Waals surface area contributed by atoms with Crippen LogP contribution in [0.25, 0.3) is 5.82 Å². The minimum Gasteiger partial charge on any atom is -0.369 e. The average Bonchev–Trinajstić information content (AvgIpc) is 3.72. The van der Waals surface area contributed by atoms with Gasteiger partial charge in [-0.1, -0.05) is 13.0 Å². The van der Waals surface area contributed by atoms with Gasteiger partial charge in [0.05, 0.1) is 0 Å². The Morgan fingerprint density at radius 2 is 1.86 bits per heavy atom. The lowest BCUT2D eigenvalue weighted by Gasteiger charge is -2.35. The maximum atomic E-state index is 13.8. The van der Waals surface area contributed by atoms with Gasteiger partial charge in [-0.15, -0.1) is 0 Å². The molecule has 1 aliphatic carbocycles. The van der Waals surface area contributed by atoms with Gasteiger partial charge in [-0.25, -0.2) is 19.3 Å². The number of carbonyl (C=O) groups excluding carboxylic acids is 1. The van der Waals surface area contributed by atoms with E-state index < -0.39 is 6.67 Å². The van der Waals surface area contributed by atoms with Crippen LogP contribution in [0.4, 0.5) is 33.2 Å². The summed E-state index contributed by atoms with van der Waals surface area (Å²) in [4.78, 5) is 31.2. The van der Waals surface area contributed by atoms with Gasteiger partial charge in [0.1, 0.15) is 24.6 Å². The van der Waals surface area contributed by atoms with Crippen LogP contribution in [0.2, 0.25) is 0 Å². The molecule has 4 aromatic rings. The van der Waals surface area contributed by atoms with E-state index >= 15 is 0 Å². The molecule has 10 nitrogen and oxygen atoms in total. The highest BCUT2D eigenvalue weighted by Gasteiger charge is 2.22. The second-order valence-electron chi connectivity index (χ2n) is 10.9. The molecule has 0 atom stereocenters. The molecule has 3 N–H and O–H groups in total. The Kier molecular flexibility index (Phi) is 8.00. The van der Waals surface area contributed by atoms with Gasteiger partial charge in [-0.3, -0.25) is 9.36 Å². The lowest BCUT2D eigenvalue weighted by molar-refractivity contribution is 0.102. The van der Waals surface area contributed by atoms with Crippen molar-refractivity contribution >= 4 is 34.7 Å². The van der Waals surface area contributed by atoms with Crippen molar-refractivity contribution in [3.8, 4) is 5.82 Å². The third-order valence-electron chi connectivity index (χ3n) is 7.79. The van der Waals surface area contributed by atoms with Crippen molar-refractivity contribution in [1.82, 2.24) is 24.4 Å². The first-order chi connectivity index (χ1) is 20.5. The molecule has 11 heteroatoms. The number of anilines is 5. The van der Waals surface area contributed by atoms with Crippen molar-refractivity contribution in [3.05, 3.63) is 77.9 Å². The van der Waals surface area contributed by atoms with Crippen LogP contribution in [0.1, 0.15) is 41.3 Å². The van der Waals surface area contributed by atoms with Crippen molar-refractivity contribution < 1.29 is 9.18 Å². The Morgan fingerprint density at radius 1 is 1.02 bits per heavy atom. The normalized spacial score (nSPS) is 15.5. The molecule has 2 aromatic carbocycles. The maximum absolute atomic E-state index is 13.8. The number of aromatic nitrogens is 4. The van der Waals surface area contributed by atoms with E-state index in [1.165, 1.54) is 0 Å². The molecule has 218 valence electrons. The van der Waals surface area contributed by atoms with Crippen LogP contribution in [0, 0.1) is 6.92 Å². The molecule has 3 heterocycles. The van der Waals surface area contributed by atoms with E-state index in [0.29, 0.717) is 34.6 Å². The van der Waals surface area contributed by atoms with Gasteiger partial charge in [0, 0.05) is 73.3 Å². The quantitative estimate of drug-likeness (QED) is 0.241. The molecule has 1 amide bonds. The third kappa shape index (κ3) is 6.36. The fourth-order valence-corrected chi connectivity index (χ4v) is 5.12. The van der Waals surface area contributed by atoms with Crippen LogP contribution >= 0.6 is 0 Å². The smallest absolute Gasteiger partial charge is 0.255 e. The Morgan fingerprint density at radius 3 is 2.62 bits per heavy atom. The number of rotatable bonds is 10. The standard InChI is InChI=1S/C31H36FN9O/c1-3-39-10-12-40(13-11-39)26-15-22(19-32)14-23(16-26)30(42)37-25-5-4-21(2)27(17-25)38-31-33-8-9-41(31)29-18-28(34-20-35-29)36-24-6-7-24/h4-5,8-9,14-18,20,24H,3,6-7,10-13,19H2,1-2H3,(H,33,38)(H,37,42)(H,34,35,36). The molecule has 0 unspecified atom stereocenters. The fourth-order valence-electron chi connectivity index (χ4n) is 5.12. The SMILES string of the molecule is CCN1CCN(c2cc(CF)cc(C(=O)Nc3ccc(C)c(Nc4nccn4-c4cc(NC5CC5)ncn4)c3)c2)CC1. The zero-order chi connectivity index (χ0) is 29.1. The highest BCUT2D eigenvalue weighted by atomic mass is 19.1. The number of nitrogens with zero attached hydrogens (tertiary/aromatic N) is 6. The van der Waals surface area contributed by atoms with Crippen LogP contribution in [0.15, 0.2) is 61.2 Å². The summed E-state index contributed by atoms with van der Waals surface area (Å²) in [5, 5.41) is 9.78. The van der Waals surface area contributed by atoms with Crippen LogP contribution < -0.4 is 20.9 Å². The van der Waals surface area contributed by atoms with E-state index in [4.69, 9.17) is 0 Å². The molecular weight excluding hydrogens is 533 g/mol. The van der Waals surface area contributed by atoms with Gasteiger partial charge >= 0.3 is 0 Å². The molecule has 0 radical (unpaired) electrons. The lowest BCUT2D eigenvalue weighted by Crippen LogP contribution is -2.46. The van der Waals surface area contributed by atoms with Gasteiger partial charge in [0.25, 0.3) is 5.91 Å². The monoisotopic (exact) mass is 569 g/mol. The Labute approximate surface area is 245 Å². The molecule has 0 bridgehead atoms. The largest absolute Gasteiger partial charge is 0.369 e. The summed E-state index contributed by atoms with van der Waals surface area (Å²) in [6.07, 6.45) is 7.39. The number of likely N-dealkylation sites (N-methyl/N-ethyl adjacent to an activating group) is 1. The molecule has 6 rings (SSSR count). The first-order valence-electron chi connectivity index (χ1n) is 14.5. The number of aryl methyl sites for hydroxylation is 1. The van der Waals surface area contributed by atoms with E-state index in [1.54, 1.807) is 18.6 Å². The highest BCUT2D eigenvalue weighted by molar-refractivity contribution is 6.05. The first kappa shape index (κ1) is 27.6. The first-order valence-corrected chi connectivity index (χ1v) is 14.5. The molecule has 1 saturated heterocycles. The van der Waals surface area contributed by atoms with Crippen molar-refractivity contribution in [2.45, 2.75) is 39.4 Å². The van der Waals surface area contributed by atoms with E-state index in [-0.39, 0.29) is 5.91 Å². The van der Waals surface area contributed by atoms with E-state index in [2.05, 4.69) is 47.6 Å². The molecule has 0 spiro atoms. The van der Waals surface area contributed by atoms with Crippen molar-refractivity contribution in [1.29, 1.82) is 0 Å². The Hall–Kier alpha value is -4.51. The predicted octanol–water partition coefficient (Wildman–Crippen LogP) is 5.15. The molecule has 1 aliphatic heterocycles. The molecule has 2 aliphatic rings. The minimum absolute atomic E-state index is 0.285. The number of nitrogens with one attached hydrogen (secondary N) is 3. The van der Waals surface area contributed by atoms with Gasteiger partial charge in [-0.05, 0) is 67.8 Å². The number of halogens is 1. The minimum atomic E-state index is -0.626. The fraction of sp³-hybridized carbons (Fsp3) is 0.355. The van der Waals surface area contributed by atoms with Crippen LogP contribution in [-0.4, -0.2) is 69.1 Å². The number of amides is 1. The molecule has 42 heavy (non-hydrogen) atoms. The summed E-state index contributed by atoms with van der Waals surface area (Å²) < 4.78 is 15.6. The van der Waals surface area contributed by atoms with Crippen molar-refractivity contribution in [2.75, 3.05) is 53.6 Å².